The number of hydrogen-bond acceptors (Lipinski definition) is 7. The SMILES string of the molecule is CCOC(=O)C1=C(C)NC2=C(C(=O)[C@@H](C(=O)OC)[C@H](C)C2)[C@H]1c1ccc(C)s1. The van der Waals surface area contributed by atoms with Crippen LogP contribution in [-0.4, -0.2) is 31.4 Å². The highest BCUT2D eigenvalue weighted by Crippen LogP contribution is 2.46. The van der Waals surface area contributed by atoms with Crippen molar-refractivity contribution in [1.29, 1.82) is 0 Å². The summed E-state index contributed by atoms with van der Waals surface area (Å²) in [5.41, 5.74) is 2.36. The number of allylic oxidation sites excluding steroid dienone is 3. The number of Topliss-reactive ketones (excluding diaryl/α,β-unsaturated/α-hetero) is 1. The molecule has 150 valence electrons. The molecule has 7 heteroatoms. The van der Waals surface area contributed by atoms with Crippen LogP contribution in [0.1, 0.15) is 42.9 Å². The highest BCUT2D eigenvalue weighted by molar-refractivity contribution is 7.12. The van der Waals surface area contributed by atoms with Crippen LogP contribution in [0.4, 0.5) is 0 Å². The lowest BCUT2D eigenvalue weighted by atomic mass is 9.70. The Kier molecular flexibility index (Phi) is 5.74. The van der Waals surface area contributed by atoms with Crippen molar-refractivity contribution >= 4 is 29.1 Å². The topological polar surface area (TPSA) is 81.7 Å². The lowest BCUT2D eigenvalue weighted by molar-refractivity contribution is -0.151. The number of ether oxygens (including phenoxy) is 2. The second kappa shape index (κ2) is 7.91. The van der Waals surface area contributed by atoms with Crippen LogP contribution in [0.25, 0.3) is 0 Å². The molecule has 1 N–H and O–H groups in total. The van der Waals surface area contributed by atoms with Gasteiger partial charge in [-0.3, -0.25) is 9.59 Å². The van der Waals surface area contributed by atoms with Crippen LogP contribution in [0.2, 0.25) is 0 Å². The van der Waals surface area contributed by atoms with Crippen LogP contribution in [0.3, 0.4) is 0 Å². The zero-order valence-electron chi connectivity index (χ0n) is 16.8. The fourth-order valence-electron chi connectivity index (χ4n) is 4.05. The molecule has 3 rings (SSSR count). The van der Waals surface area contributed by atoms with Gasteiger partial charge in [0.05, 0.1) is 25.2 Å². The third-order valence-electron chi connectivity index (χ3n) is 5.28. The first-order valence-corrected chi connectivity index (χ1v) is 10.2. The number of hydrogen-bond donors (Lipinski definition) is 1. The van der Waals surface area contributed by atoms with Gasteiger partial charge in [-0.25, -0.2) is 4.79 Å². The number of aryl methyl sites for hydroxylation is 1. The van der Waals surface area contributed by atoms with E-state index >= 15 is 0 Å². The summed E-state index contributed by atoms with van der Waals surface area (Å²) >= 11 is 1.54. The van der Waals surface area contributed by atoms with E-state index < -0.39 is 23.8 Å². The molecular formula is C21H25NO5S. The molecule has 0 radical (unpaired) electrons. The molecule has 2 heterocycles. The first-order valence-electron chi connectivity index (χ1n) is 9.36. The number of carbonyl (C=O) groups excluding carboxylic acids is 3. The summed E-state index contributed by atoms with van der Waals surface area (Å²) < 4.78 is 10.2. The summed E-state index contributed by atoms with van der Waals surface area (Å²) in [6.45, 7) is 7.67. The molecule has 1 aliphatic carbocycles. The van der Waals surface area contributed by atoms with Gasteiger partial charge in [0, 0.05) is 26.7 Å². The molecule has 1 aliphatic heterocycles. The smallest absolute Gasteiger partial charge is 0.336 e. The van der Waals surface area contributed by atoms with Gasteiger partial charge in [-0.15, -0.1) is 11.3 Å². The third kappa shape index (κ3) is 3.39. The Morgan fingerprint density at radius 3 is 2.57 bits per heavy atom. The molecule has 0 saturated heterocycles. The molecule has 0 spiro atoms. The Bertz CT molecular complexity index is 894. The van der Waals surface area contributed by atoms with Gasteiger partial charge in [0.15, 0.2) is 5.78 Å². The largest absolute Gasteiger partial charge is 0.468 e. The normalized spacial score (nSPS) is 24.6. The average molecular weight is 404 g/mol. The van der Waals surface area contributed by atoms with Crippen LogP contribution in [-0.2, 0) is 23.9 Å². The molecule has 2 aliphatic rings. The van der Waals surface area contributed by atoms with Gasteiger partial charge in [0.25, 0.3) is 0 Å². The molecule has 0 saturated carbocycles. The van der Waals surface area contributed by atoms with Gasteiger partial charge in [-0.2, -0.15) is 0 Å². The summed E-state index contributed by atoms with van der Waals surface area (Å²) in [4.78, 5) is 40.5. The molecule has 0 aromatic carbocycles. The van der Waals surface area contributed by atoms with Crippen molar-refractivity contribution in [2.75, 3.05) is 13.7 Å². The first-order chi connectivity index (χ1) is 13.3. The standard InChI is InChI=1S/C21H25NO5S/c1-6-27-21(25)16-12(4)22-13-9-10(2)15(20(24)26-5)19(23)17(13)18(16)14-8-7-11(3)28-14/h7-8,10,15,18,22H,6,9H2,1-5H3/t10-,15+,18+/m1/s1. The van der Waals surface area contributed by atoms with E-state index in [0.717, 1.165) is 15.5 Å². The molecule has 28 heavy (non-hydrogen) atoms. The van der Waals surface area contributed by atoms with Gasteiger partial charge < -0.3 is 14.8 Å². The van der Waals surface area contributed by atoms with Crippen LogP contribution in [0, 0.1) is 18.8 Å². The number of esters is 2. The minimum Gasteiger partial charge on any atom is -0.468 e. The van der Waals surface area contributed by atoms with Crippen molar-refractivity contribution in [3.63, 3.8) is 0 Å². The molecule has 0 amide bonds. The van der Waals surface area contributed by atoms with Crippen molar-refractivity contribution in [2.45, 2.75) is 40.0 Å². The summed E-state index contributed by atoms with van der Waals surface area (Å²) in [5, 5.41) is 3.24. The highest BCUT2D eigenvalue weighted by Gasteiger charge is 2.47. The Labute approximate surface area is 168 Å². The number of ketones is 1. The van der Waals surface area contributed by atoms with E-state index in [1.165, 1.54) is 18.4 Å². The summed E-state index contributed by atoms with van der Waals surface area (Å²) in [6.07, 6.45) is 0.537. The fraction of sp³-hybridized carbons (Fsp3) is 0.476. The molecule has 1 aromatic heterocycles. The Hall–Kier alpha value is -2.41. The zero-order valence-corrected chi connectivity index (χ0v) is 17.6. The highest BCUT2D eigenvalue weighted by atomic mass is 32.1. The van der Waals surface area contributed by atoms with E-state index in [-0.39, 0.29) is 18.3 Å². The minimum absolute atomic E-state index is 0.186. The Balaban J connectivity index is 2.16. The zero-order chi connectivity index (χ0) is 20.6. The van der Waals surface area contributed by atoms with E-state index in [1.807, 2.05) is 32.9 Å². The maximum absolute atomic E-state index is 13.4. The predicted octanol–water partition coefficient (Wildman–Crippen LogP) is 3.23. The molecule has 3 atom stereocenters. The number of rotatable bonds is 4. The minimum atomic E-state index is -0.865. The van der Waals surface area contributed by atoms with Crippen molar-refractivity contribution in [1.82, 2.24) is 5.32 Å². The van der Waals surface area contributed by atoms with Crippen LogP contribution in [0.15, 0.2) is 34.7 Å². The third-order valence-corrected chi connectivity index (χ3v) is 6.35. The number of dihydropyridines is 1. The monoisotopic (exact) mass is 403 g/mol. The molecule has 0 bridgehead atoms. The number of carbonyl (C=O) groups is 3. The first kappa shape index (κ1) is 20.3. The van der Waals surface area contributed by atoms with Crippen molar-refractivity contribution < 1.29 is 23.9 Å². The molecular weight excluding hydrogens is 378 g/mol. The lowest BCUT2D eigenvalue weighted by Crippen LogP contribution is -2.43. The van der Waals surface area contributed by atoms with E-state index in [2.05, 4.69) is 5.32 Å². The summed E-state index contributed by atoms with van der Waals surface area (Å²) in [7, 11) is 1.29. The van der Waals surface area contributed by atoms with E-state index in [4.69, 9.17) is 9.47 Å². The molecule has 0 unspecified atom stereocenters. The van der Waals surface area contributed by atoms with Crippen molar-refractivity contribution in [3.05, 3.63) is 44.4 Å². The molecule has 6 nitrogen and oxygen atoms in total. The Morgan fingerprint density at radius 1 is 1.29 bits per heavy atom. The molecule has 1 aromatic rings. The van der Waals surface area contributed by atoms with Gasteiger partial charge >= 0.3 is 11.9 Å². The van der Waals surface area contributed by atoms with Gasteiger partial charge in [0.2, 0.25) is 0 Å². The summed E-state index contributed by atoms with van der Waals surface area (Å²) in [5.74, 6) is -2.85. The van der Waals surface area contributed by atoms with Gasteiger partial charge in [0.1, 0.15) is 5.92 Å². The van der Waals surface area contributed by atoms with Crippen LogP contribution >= 0.6 is 11.3 Å². The quantitative estimate of drug-likeness (QED) is 0.614. The average Bonchev–Trinajstić information content (AvgIpc) is 3.06. The van der Waals surface area contributed by atoms with E-state index in [9.17, 15) is 14.4 Å². The Morgan fingerprint density at radius 2 is 2.00 bits per heavy atom. The second-order valence-electron chi connectivity index (χ2n) is 7.20. The fourth-order valence-corrected chi connectivity index (χ4v) is 5.05. The van der Waals surface area contributed by atoms with Gasteiger partial charge in [-0.1, -0.05) is 6.92 Å². The van der Waals surface area contributed by atoms with Crippen LogP contribution in [0.5, 0.6) is 0 Å². The number of nitrogens with one attached hydrogen (secondary N) is 1. The molecule has 0 fully saturated rings. The number of thiophene rings is 1. The maximum Gasteiger partial charge on any atom is 0.336 e. The summed E-state index contributed by atoms with van der Waals surface area (Å²) in [6, 6.07) is 3.90. The van der Waals surface area contributed by atoms with E-state index in [0.29, 0.717) is 23.3 Å². The van der Waals surface area contributed by atoms with Crippen LogP contribution < -0.4 is 5.32 Å². The van der Waals surface area contributed by atoms with Gasteiger partial charge in [-0.05, 0) is 45.2 Å². The predicted molar refractivity (Wildman–Crippen MR) is 106 cm³/mol. The number of methoxy groups -OCH3 is 1. The van der Waals surface area contributed by atoms with E-state index in [1.54, 1.807) is 6.92 Å². The maximum atomic E-state index is 13.4. The van der Waals surface area contributed by atoms with Crippen molar-refractivity contribution in [2.24, 2.45) is 11.8 Å². The second-order valence-corrected chi connectivity index (χ2v) is 8.52. The van der Waals surface area contributed by atoms with Crippen molar-refractivity contribution in [3.8, 4) is 0 Å². The lowest BCUT2D eigenvalue weighted by Gasteiger charge is -2.37.